The van der Waals surface area contributed by atoms with Gasteiger partial charge in [-0.15, -0.1) is 0 Å². The van der Waals surface area contributed by atoms with Gasteiger partial charge in [0.05, 0.1) is 30.1 Å². The number of nitriles is 1. The van der Waals surface area contributed by atoms with Crippen molar-refractivity contribution >= 4 is 9.84 Å². The van der Waals surface area contributed by atoms with Crippen LogP contribution in [0.15, 0.2) is 0 Å². The average molecular weight is 189 g/mol. The Morgan fingerprint density at radius 2 is 2.33 bits per heavy atom. The fourth-order valence-electron chi connectivity index (χ4n) is 1.44. The molecule has 1 rings (SSSR count). The van der Waals surface area contributed by atoms with Crippen LogP contribution in [0.1, 0.15) is 6.42 Å². The monoisotopic (exact) mass is 189 g/mol. The second-order valence-electron chi connectivity index (χ2n) is 3.08. The molecule has 0 amide bonds. The van der Waals surface area contributed by atoms with Gasteiger partial charge in [-0.1, -0.05) is 0 Å². The van der Waals surface area contributed by atoms with Gasteiger partial charge in [-0.2, -0.15) is 5.26 Å². The predicted octanol–water partition coefficient (Wildman–Crippen LogP) is -0.447. The normalized spacial score (nSPS) is 29.5. The Bertz CT molecular complexity index is 290. The maximum atomic E-state index is 11.0. The zero-order valence-corrected chi connectivity index (χ0v) is 7.42. The van der Waals surface area contributed by atoms with Crippen molar-refractivity contribution in [2.45, 2.75) is 6.42 Å². The number of aliphatic hydroxyl groups excluding tert-OH is 1. The third-order valence-electron chi connectivity index (χ3n) is 2.20. The maximum absolute atomic E-state index is 11.0. The van der Waals surface area contributed by atoms with Crippen LogP contribution in [0.25, 0.3) is 0 Å². The average Bonchev–Trinajstić information content (AvgIpc) is 2.34. The lowest BCUT2D eigenvalue weighted by Gasteiger charge is -2.10. The molecule has 0 saturated carbocycles. The van der Waals surface area contributed by atoms with Crippen molar-refractivity contribution in [1.29, 1.82) is 5.26 Å². The highest BCUT2D eigenvalue weighted by atomic mass is 32.2. The molecule has 1 aliphatic rings. The Kier molecular flexibility index (Phi) is 2.70. The molecule has 1 fully saturated rings. The summed E-state index contributed by atoms with van der Waals surface area (Å²) in [4.78, 5) is 0. The number of rotatable bonds is 2. The van der Waals surface area contributed by atoms with Crippen molar-refractivity contribution in [3.63, 3.8) is 0 Å². The lowest BCUT2D eigenvalue weighted by Crippen LogP contribution is -2.18. The molecular formula is C7H11NO3S. The lowest BCUT2D eigenvalue weighted by atomic mass is 9.94. The Balaban J connectivity index is 2.64. The Hall–Kier alpha value is -0.600. The van der Waals surface area contributed by atoms with Crippen molar-refractivity contribution in [2.75, 3.05) is 18.1 Å². The van der Waals surface area contributed by atoms with E-state index < -0.39 is 15.8 Å². The molecule has 0 aliphatic carbocycles. The van der Waals surface area contributed by atoms with Crippen LogP contribution >= 0.6 is 0 Å². The fourth-order valence-corrected chi connectivity index (χ4v) is 3.32. The molecule has 4 nitrogen and oxygen atoms in total. The molecule has 0 aromatic carbocycles. The van der Waals surface area contributed by atoms with Gasteiger partial charge >= 0.3 is 0 Å². The van der Waals surface area contributed by atoms with E-state index in [-0.39, 0.29) is 24.0 Å². The first kappa shape index (κ1) is 9.49. The van der Waals surface area contributed by atoms with E-state index in [2.05, 4.69) is 0 Å². The number of aliphatic hydroxyl groups is 1. The van der Waals surface area contributed by atoms with E-state index in [1.54, 1.807) is 0 Å². The van der Waals surface area contributed by atoms with E-state index in [0.29, 0.717) is 6.42 Å². The third-order valence-corrected chi connectivity index (χ3v) is 3.99. The summed E-state index contributed by atoms with van der Waals surface area (Å²) in [5, 5.41) is 17.3. The van der Waals surface area contributed by atoms with Gasteiger partial charge in [0, 0.05) is 0 Å². The molecule has 1 N–H and O–H groups in total. The summed E-state index contributed by atoms with van der Waals surface area (Å²) in [6.45, 7) is -0.239. The number of sulfone groups is 1. The van der Waals surface area contributed by atoms with Gasteiger partial charge in [0.15, 0.2) is 9.84 Å². The van der Waals surface area contributed by atoms with E-state index in [1.165, 1.54) is 0 Å². The Morgan fingerprint density at radius 3 is 2.67 bits per heavy atom. The van der Waals surface area contributed by atoms with Gasteiger partial charge in [-0.25, -0.2) is 8.42 Å². The van der Waals surface area contributed by atoms with Crippen molar-refractivity contribution in [3.05, 3.63) is 0 Å². The second-order valence-corrected chi connectivity index (χ2v) is 5.31. The van der Waals surface area contributed by atoms with Gasteiger partial charge in [0.25, 0.3) is 0 Å². The highest BCUT2D eigenvalue weighted by Crippen LogP contribution is 2.25. The molecule has 5 heteroatoms. The van der Waals surface area contributed by atoms with Crippen LogP contribution in [-0.2, 0) is 9.84 Å². The highest BCUT2D eigenvalue weighted by molar-refractivity contribution is 7.91. The molecule has 1 saturated heterocycles. The summed E-state index contributed by atoms with van der Waals surface area (Å²) in [6, 6.07) is 1.92. The molecule has 0 aromatic rings. The maximum Gasteiger partial charge on any atom is 0.150 e. The Labute approximate surface area is 71.7 Å². The van der Waals surface area contributed by atoms with Gasteiger partial charge in [0.1, 0.15) is 0 Å². The summed E-state index contributed by atoms with van der Waals surface area (Å²) < 4.78 is 22.0. The molecule has 12 heavy (non-hydrogen) atoms. The fraction of sp³-hybridized carbons (Fsp3) is 0.857. The Morgan fingerprint density at radius 1 is 1.67 bits per heavy atom. The van der Waals surface area contributed by atoms with Crippen LogP contribution in [0.2, 0.25) is 0 Å². The second kappa shape index (κ2) is 3.42. The van der Waals surface area contributed by atoms with Crippen LogP contribution < -0.4 is 0 Å². The molecule has 0 aromatic heterocycles. The molecule has 0 bridgehead atoms. The summed E-state index contributed by atoms with van der Waals surface area (Å²) in [5.41, 5.74) is 0. The number of nitrogens with zero attached hydrogens (tertiary/aromatic N) is 1. The molecular weight excluding hydrogens is 178 g/mol. The number of hydrogen-bond donors (Lipinski definition) is 1. The summed E-state index contributed by atoms with van der Waals surface area (Å²) in [6.07, 6.45) is 0.515. The van der Waals surface area contributed by atoms with E-state index in [9.17, 15) is 8.42 Å². The van der Waals surface area contributed by atoms with Gasteiger partial charge < -0.3 is 5.11 Å². The van der Waals surface area contributed by atoms with Crippen LogP contribution in [0.3, 0.4) is 0 Å². The van der Waals surface area contributed by atoms with Crippen molar-refractivity contribution in [3.8, 4) is 6.07 Å². The smallest absolute Gasteiger partial charge is 0.150 e. The molecule has 68 valence electrons. The first-order valence-electron chi connectivity index (χ1n) is 3.80. The molecule has 0 radical (unpaired) electrons. The molecule has 2 unspecified atom stereocenters. The van der Waals surface area contributed by atoms with E-state index in [4.69, 9.17) is 10.4 Å². The quantitative estimate of drug-likeness (QED) is 0.638. The minimum atomic E-state index is -2.92. The van der Waals surface area contributed by atoms with E-state index in [1.807, 2.05) is 6.07 Å². The molecule has 1 heterocycles. The SMILES string of the molecule is N#CC(CO)C1CCS(=O)(=O)C1. The van der Waals surface area contributed by atoms with E-state index >= 15 is 0 Å². The first-order chi connectivity index (χ1) is 5.59. The van der Waals surface area contributed by atoms with Crippen molar-refractivity contribution in [1.82, 2.24) is 0 Å². The summed E-state index contributed by atoms with van der Waals surface area (Å²) in [5.74, 6) is -0.450. The predicted molar refractivity (Wildman–Crippen MR) is 42.9 cm³/mol. The molecule has 2 atom stereocenters. The summed E-state index contributed by atoms with van der Waals surface area (Å²) in [7, 11) is -2.92. The molecule has 0 spiro atoms. The van der Waals surface area contributed by atoms with Crippen LogP contribution in [0.4, 0.5) is 0 Å². The van der Waals surface area contributed by atoms with Crippen LogP contribution in [0.5, 0.6) is 0 Å². The van der Waals surface area contributed by atoms with Crippen LogP contribution in [0, 0.1) is 23.2 Å². The van der Waals surface area contributed by atoms with Crippen molar-refractivity contribution in [2.24, 2.45) is 11.8 Å². The zero-order valence-electron chi connectivity index (χ0n) is 6.60. The van der Waals surface area contributed by atoms with Crippen molar-refractivity contribution < 1.29 is 13.5 Å². The zero-order chi connectivity index (χ0) is 9.19. The van der Waals surface area contributed by atoms with Gasteiger partial charge in [-0.3, -0.25) is 0 Å². The standard InChI is InChI=1S/C7H11NO3S/c8-3-7(4-9)6-1-2-12(10,11)5-6/h6-7,9H,1-2,4-5H2. The minimum absolute atomic E-state index is 0.0613. The van der Waals surface area contributed by atoms with Gasteiger partial charge in [-0.05, 0) is 12.3 Å². The van der Waals surface area contributed by atoms with Gasteiger partial charge in [0.2, 0.25) is 0 Å². The summed E-state index contributed by atoms with van der Waals surface area (Å²) >= 11 is 0. The first-order valence-corrected chi connectivity index (χ1v) is 5.62. The van der Waals surface area contributed by atoms with Crippen LogP contribution in [-0.4, -0.2) is 31.6 Å². The largest absolute Gasteiger partial charge is 0.395 e. The lowest BCUT2D eigenvalue weighted by molar-refractivity contribution is 0.221. The minimum Gasteiger partial charge on any atom is -0.395 e. The van der Waals surface area contributed by atoms with E-state index in [0.717, 1.165) is 0 Å². The third kappa shape index (κ3) is 1.96. The molecule has 1 aliphatic heterocycles. The topological polar surface area (TPSA) is 78.2 Å². The highest BCUT2D eigenvalue weighted by Gasteiger charge is 2.33. The number of hydrogen-bond acceptors (Lipinski definition) is 4.